The van der Waals surface area contributed by atoms with Gasteiger partial charge >= 0.3 is 5.97 Å². The van der Waals surface area contributed by atoms with E-state index in [0.717, 1.165) is 31.6 Å². The highest BCUT2D eigenvalue weighted by Crippen LogP contribution is 2.32. The molecule has 0 saturated heterocycles. The lowest BCUT2D eigenvalue weighted by atomic mass is 9.80. The van der Waals surface area contributed by atoms with Gasteiger partial charge in [0.2, 0.25) is 0 Å². The fraction of sp³-hybridized carbons (Fsp3) is 0.933. The van der Waals surface area contributed by atoms with E-state index in [9.17, 15) is 4.79 Å². The van der Waals surface area contributed by atoms with Crippen LogP contribution in [-0.4, -0.2) is 24.3 Å². The predicted molar refractivity (Wildman–Crippen MR) is 72.3 cm³/mol. The molecule has 0 aromatic rings. The van der Waals surface area contributed by atoms with Crippen molar-refractivity contribution in [3.63, 3.8) is 0 Å². The minimum absolute atomic E-state index is 0.0121. The summed E-state index contributed by atoms with van der Waals surface area (Å²) in [4.78, 5) is 11.8. The first-order valence-corrected chi connectivity index (χ1v) is 7.55. The van der Waals surface area contributed by atoms with Crippen molar-refractivity contribution < 1.29 is 14.6 Å². The Morgan fingerprint density at radius 3 is 2.50 bits per heavy atom. The molecule has 1 saturated carbocycles. The number of esters is 1. The molecule has 0 amide bonds. The minimum atomic E-state index is -0.0121. The normalized spacial score (nSPS) is 23.9. The van der Waals surface area contributed by atoms with Crippen LogP contribution in [0.1, 0.15) is 64.7 Å². The van der Waals surface area contributed by atoms with E-state index in [1.54, 1.807) is 0 Å². The second kappa shape index (κ2) is 9.37. The molecule has 0 heterocycles. The van der Waals surface area contributed by atoms with Crippen LogP contribution >= 0.6 is 0 Å². The van der Waals surface area contributed by atoms with Gasteiger partial charge in [0.15, 0.2) is 0 Å². The van der Waals surface area contributed by atoms with Crippen LogP contribution < -0.4 is 0 Å². The maximum Gasteiger partial charge on any atom is 0.308 e. The summed E-state index contributed by atoms with van der Waals surface area (Å²) in [6.45, 7) is 2.88. The van der Waals surface area contributed by atoms with Crippen molar-refractivity contribution >= 4 is 5.97 Å². The highest BCUT2D eigenvalue weighted by atomic mass is 16.5. The van der Waals surface area contributed by atoms with Crippen LogP contribution in [-0.2, 0) is 9.53 Å². The van der Waals surface area contributed by atoms with E-state index in [-0.39, 0.29) is 18.5 Å². The molecule has 0 aromatic heterocycles. The number of carbonyl (C=O) groups is 1. The zero-order valence-corrected chi connectivity index (χ0v) is 11.7. The molecule has 1 rings (SSSR count). The molecule has 1 aliphatic carbocycles. The third-order valence-corrected chi connectivity index (χ3v) is 3.94. The number of carbonyl (C=O) groups excluding carboxylic acids is 1. The average Bonchev–Trinajstić information content (AvgIpc) is 2.41. The molecule has 0 unspecified atom stereocenters. The molecule has 0 bridgehead atoms. The Kier molecular flexibility index (Phi) is 8.06. The number of aliphatic hydroxyl groups is 1. The van der Waals surface area contributed by atoms with Crippen LogP contribution in [0.3, 0.4) is 0 Å². The molecule has 1 aliphatic rings. The average molecular weight is 256 g/mol. The molecular weight excluding hydrogens is 228 g/mol. The third kappa shape index (κ3) is 5.85. The van der Waals surface area contributed by atoms with Crippen molar-refractivity contribution in [3.05, 3.63) is 0 Å². The van der Waals surface area contributed by atoms with Gasteiger partial charge in [-0.15, -0.1) is 0 Å². The molecule has 1 fully saturated rings. The molecule has 18 heavy (non-hydrogen) atoms. The van der Waals surface area contributed by atoms with E-state index < -0.39 is 0 Å². The zero-order chi connectivity index (χ0) is 13.2. The van der Waals surface area contributed by atoms with Crippen LogP contribution in [0.4, 0.5) is 0 Å². The highest BCUT2D eigenvalue weighted by molar-refractivity contribution is 5.72. The van der Waals surface area contributed by atoms with Crippen LogP contribution in [0.15, 0.2) is 0 Å². The van der Waals surface area contributed by atoms with E-state index >= 15 is 0 Å². The van der Waals surface area contributed by atoms with Gasteiger partial charge in [-0.25, -0.2) is 0 Å². The van der Waals surface area contributed by atoms with E-state index in [4.69, 9.17) is 9.84 Å². The van der Waals surface area contributed by atoms with Gasteiger partial charge in [0.1, 0.15) is 0 Å². The summed E-state index contributed by atoms with van der Waals surface area (Å²) in [7, 11) is 0. The standard InChI is InChI=1S/C15H28O3/c1-2-3-6-13-7-9-14(10-8-13)15(17)18-12-5-4-11-16/h13-14,16H,2-12H2,1H3. The van der Waals surface area contributed by atoms with Crippen LogP contribution in [0.2, 0.25) is 0 Å². The van der Waals surface area contributed by atoms with Crippen molar-refractivity contribution in [3.8, 4) is 0 Å². The fourth-order valence-electron chi connectivity index (χ4n) is 2.68. The second-order valence-corrected chi connectivity index (χ2v) is 5.46. The van der Waals surface area contributed by atoms with Crippen molar-refractivity contribution in [2.75, 3.05) is 13.2 Å². The van der Waals surface area contributed by atoms with Gasteiger partial charge in [-0.1, -0.05) is 26.2 Å². The largest absolute Gasteiger partial charge is 0.465 e. The fourth-order valence-corrected chi connectivity index (χ4v) is 2.68. The summed E-state index contributed by atoms with van der Waals surface area (Å²) < 4.78 is 5.25. The number of rotatable bonds is 8. The van der Waals surface area contributed by atoms with Gasteiger partial charge in [0.05, 0.1) is 12.5 Å². The van der Waals surface area contributed by atoms with Gasteiger partial charge < -0.3 is 9.84 Å². The van der Waals surface area contributed by atoms with Crippen molar-refractivity contribution in [1.29, 1.82) is 0 Å². The Morgan fingerprint density at radius 1 is 1.17 bits per heavy atom. The summed E-state index contributed by atoms with van der Waals surface area (Å²) in [5.41, 5.74) is 0. The van der Waals surface area contributed by atoms with Crippen LogP contribution in [0.25, 0.3) is 0 Å². The summed E-state index contributed by atoms with van der Waals surface area (Å²) in [6, 6.07) is 0. The first-order valence-electron chi connectivity index (χ1n) is 7.55. The van der Waals surface area contributed by atoms with E-state index in [1.807, 2.05) is 0 Å². The Balaban J connectivity index is 2.11. The molecule has 106 valence electrons. The lowest BCUT2D eigenvalue weighted by molar-refractivity contribution is -0.150. The summed E-state index contributed by atoms with van der Waals surface area (Å²) in [5.74, 6) is 0.960. The minimum Gasteiger partial charge on any atom is -0.465 e. The third-order valence-electron chi connectivity index (χ3n) is 3.94. The zero-order valence-electron chi connectivity index (χ0n) is 11.7. The first kappa shape index (κ1) is 15.5. The maximum atomic E-state index is 11.8. The number of aliphatic hydroxyl groups excluding tert-OH is 1. The smallest absolute Gasteiger partial charge is 0.308 e. The molecule has 0 spiro atoms. The van der Waals surface area contributed by atoms with Crippen molar-refractivity contribution in [2.24, 2.45) is 11.8 Å². The van der Waals surface area contributed by atoms with Crippen molar-refractivity contribution in [1.82, 2.24) is 0 Å². The van der Waals surface area contributed by atoms with E-state index in [0.29, 0.717) is 6.61 Å². The molecule has 0 radical (unpaired) electrons. The molecule has 3 nitrogen and oxygen atoms in total. The Labute approximate surface area is 111 Å². The Hall–Kier alpha value is -0.570. The summed E-state index contributed by atoms with van der Waals surface area (Å²) in [6.07, 6.45) is 9.81. The van der Waals surface area contributed by atoms with Gasteiger partial charge in [-0.3, -0.25) is 4.79 Å². The van der Waals surface area contributed by atoms with Gasteiger partial charge in [-0.2, -0.15) is 0 Å². The Morgan fingerprint density at radius 2 is 1.89 bits per heavy atom. The SMILES string of the molecule is CCCCC1CCC(C(=O)OCCCCO)CC1. The number of ether oxygens (including phenoxy) is 1. The number of hydrogen-bond donors (Lipinski definition) is 1. The quantitative estimate of drug-likeness (QED) is 0.535. The van der Waals surface area contributed by atoms with E-state index in [1.165, 1.54) is 32.1 Å². The van der Waals surface area contributed by atoms with Crippen LogP contribution in [0.5, 0.6) is 0 Å². The molecule has 0 aliphatic heterocycles. The predicted octanol–water partition coefficient (Wildman–Crippen LogP) is 3.30. The van der Waals surface area contributed by atoms with E-state index in [2.05, 4.69) is 6.92 Å². The first-order chi connectivity index (χ1) is 8.77. The summed E-state index contributed by atoms with van der Waals surface area (Å²) >= 11 is 0. The molecular formula is C15H28O3. The highest BCUT2D eigenvalue weighted by Gasteiger charge is 2.26. The second-order valence-electron chi connectivity index (χ2n) is 5.46. The molecule has 3 heteroatoms. The number of hydrogen-bond acceptors (Lipinski definition) is 3. The Bertz CT molecular complexity index is 220. The molecule has 0 aromatic carbocycles. The molecule has 0 atom stereocenters. The monoisotopic (exact) mass is 256 g/mol. The van der Waals surface area contributed by atoms with Crippen LogP contribution in [0, 0.1) is 11.8 Å². The van der Waals surface area contributed by atoms with Gasteiger partial charge in [0.25, 0.3) is 0 Å². The lowest BCUT2D eigenvalue weighted by Crippen LogP contribution is -2.24. The number of unbranched alkanes of at least 4 members (excludes halogenated alkanes) is 2. The maximum absolute atomic E-state index is 11.8. The molecule has 1 N–H and O–H groups in total. The lowest BCUT2D eigenvalue weighted by Gasteiger charge is -2.27. The summed E-state index contributed by atoms with van der Waals surface area (Å²) in [5, 5.41) is 8.64. The van der Waals surface area contributed by atoms with Gasteiger partial charge in [0, 0.05) is 6.61 Å². The van der Waals surface area contributed by atoms with Gasteiger partial charge in [-0.05, 0) is 44.4 Å². The van der Waals surface area contributed by atoms with Crippen molar-refractivity contribution in [2.45, 2.75) is 64.7 Å². The topological polar surface area (TPSA) is 46.5 Å².